The fourth-order valence-corrected chi connectivity index (χ4v) is 1.22. The number of nitrogens with zero attached hydrogens (tertiary/aromatic N) is 1. The fourth-order valence-electron chi connectivity index (χ4n) is 1.22. The first-order valence-electron chi connectivity index (χ1n) is 6.16. The van der Waals surface area contributed by atoms with Crippen molar-refractivity contribution in [2.75, 3.05) is 27.2 Å². The number of hydrogen-bond donors (Lipinski definition) is 0. The van der Waals surface area contributed by atoms with Crippen molar-refractivity contribution in [3.05, 3.63) is 0 Å². The van der Waals surface area contributed by atoms with Crippen LogP contribution in [-0.2, 0) is 4.74 Å². The molecule has 1 saturated heterocycles. The largest absolute Gasteiger partial charge is 0.673 e. The molecule has 2 nitrogen and oxygen atoms in total. The van der Waals surface area contributed by atoms with Crippen molar-refractivity contribution >= 4 is 21.8 Å². The van der Waals surface area contributed by atoms with E-state index in [0.717, 1.165) is 0 Å². The van der Waals surface area contributed by atoms with E-state index in [1.807, 2.05) is 0 Å². The minimum Gasteiger partial charge on any atom is -0.418 e. The van der Waals surface area contributed by atoms with Crippen LogP contribution in [0.1, 0.15) is 12.8 Å². The Kier molecular flexibility index (Phi) is 14.8. The molecule has 0 bridgehead atoms. The van der Waals surface area contributed by atoms with Gasteiger partial charge in [-0.3, -0.25) is 0 Å². The van der Waals surface area contributed by atoms with Crippen LogP contribution in [0.5, 0.6) is 0 Å². The second-order valence-corrected chi connectivity index (χ2v) is 4.22. The third-order valence-corrected chi connectivity index (χ3v) is 2.00. The van der Waals surface area contributed by atoms with Gasteiger partial charge >= 0.3 is 21.8 Å². The number of ether oxygens (including phenoxy) is 1. The highest BCUT2D eigenvalue weighted by Gasteiger charge is 2.21. The number of likely N-dealkylation sites (tertiary alicyclic amines) is 1. The Bertz CT molecular complexity index is 241. The molecule has 0 atom stereocenters. The van der Waals surface area contributed by atoms with Gasteiger partial charge in [-0.15, -0.1) is 0 Å². The lowest BCUT2D eigenvalue weighted by Gasteiger charge is -2.27. The normalized spacial score (nSPS) is 16.8. The van der Waals surface area contributed by atoms with Crippen molar-refractivity contribution in [2.24, 2.45) is 0 Å². The van der Waals surface area contributed by atoms with Crippen LogP contribution in [0.3, 0.4) is 0 Å². The zero-order chi connectivity index (χ0) is 20.2. The average molecular weight is 390 g/mol. The van der Waals surface area contributed by atoms with Crippen molar-refractivity contribution in [2.45, 2.75) is 18.9 Å². The van der Waals surface area contributed by atoms with Gasteiger partial charge in [0.05, 0.1) is 6.10 Å². The molecule has 0 spiro atoms. The van der Waals surface area contributed by atoms with E-state index in [0.29, 0.717) is 6.10 Å². The molecule has 1 aliphatic heterocycles. The highest BCUT2D eigenvalue weighted by Crippen LogP contribution is 2.10. The fraction of sp³-hybridized carbons (Fsp3) is 1.00. The second kappa shape index (κ2) is 12.6. The summed E-state index contributed by atoms with van der Waals surface area (Å²) >= 11 is 0. The van der Waals surface area contributed by atoms with Crippen LogP contribution in [0.4, 0.5) is 51.8 Å². The number of piperidine rings is 1. The minimum atomic E-state index is -6.00. The monoisotopic (exact) mass is 390 g/mol. The van der Waals surface area contributed by atoms with E-state index in [9.17, 15) is 51.8 Å². The highest BCUT2D eigenvalue weighted by molar-refractivity contribution is 6.50. The summed E-state index contributed by atoms with van der Waals surface area (Å²) in [6.07, 6.45) is 2.93. The van der Waals surface area contributed by atoms with Gasteiger partial charge in [-0.1, -0.05) is 0 Å². The third kappa shape index (κ3) is 68.8. The predicted octanol–water partition coefficient (Wildman–Crippen LogP) is 4.63. The van der Waals surface area contributed by atoms with Gasteiger partial charge in [-0.25, -0.2) is 0 Å². The molecule has 0 saturated carbocycles. The average Bonchev–Trinajstić information content (AvgIpc) is 2.23. The molecule has 0 radical (unpaired) electrons. The van der Waals surface area contributed by atoms with Crippen LogP contribution in [0.15, 0.2) is 0 Å². The van der Waals surface area contributed by atoms with Crippen LogP contribution in [0, 0.1) is 0 Å². The second-order valence-electron chi connectivity index (χ2n) is 4.22. The zero-order valence-electron chi connectivity index (χ0n) is 12.5. The lowest BCUT2D eigenvalue weighted by molar-refractivity contribution is 0.0484. The van der Waals surface area contributed by atoms with E-state index in [4.69, 9.17) is 4.74 Å². The summed E-state index contributed by atoms with van der Waals surface area (Å²) in [5, 5.41) is 0. The van der Waals surface area contributed by atoms with Crippen LogP contribution in [0.25, 0.3) is 0 Å². The molecule has 24 heavy (non-hydrogen) atoms. The van der Waals surface area contributed by atoms with Gasteiger partial charge in [0.2, 0.25) is 0 Å². The summed E-state index contributed by atoms with van der Waals surface area (Å²) in [5.41, 5.74) is 0. The molecule has 0 aromatic rings. The highest BCUT2D eigenvalue weighted by atomic mass is 19.5. The molecular weight excluding hydrogens is 374 g/mol. The summed E-state index contributed by atoms with van der Waals surface area (Å²) in [4.78, 5) is 2.34. The van der Waals surface area contributed by atoms with E-state index in [2.05, 4.69) is 11.9 Å². The lowest BCUT2D eigenvalue weighted by atomic mass is 10.1. The van der Waals surface area contributed by atoms with E-state index < -0.39 is 21.8 Å². The molecule has 0 aromatic carbocycles. The first kappa shape index (κ1) is 28.1. The summed E-state index contributed by atoms with van der Waals surface area (Å²) < 4.78 is 122. The van der Waals surface area contributed by atoms with Crippen molar-refractivity contribution < 1.29 is 56.5 Å². The standard InChI is InChI=1S/C7H15NO.3BF4/c1-8-5-3-7(9-2)4-6-8;3*2-1(3,4)5/h7H,3-6H2,1-2H3;;;/q;3*-1. The van der Waals surface area contributed by atoms with Crippen LogP contribution >= 0.6 is 0 Å². The Morgan fingerprint density at radius 3 is 1.04 bits per heavy atom. The summed E-state index contributed by atoms with van der Waals surface area (Å²) in [7, 11) is -14.0. The molecule has 150 valence electrons. The van der Waals surface area contributed by atoms with Crippen molar-refractivity contribution in [1.82, 2.24) is 4.90 Å². The van der Waals surface area contributed by atoms with Crippen LogP contribution in [0.2, 0.25) is 0 Å². The number of halogens is 12. The molecule has 1 heterocycles. The maximum absolute atomic E-state index is 9.75. The van der Waals surface area contributed by atoms with E-state index in [1.54, 1.807) is 7.11 Å². The molecule has 0 aromatic heterocycles. The predicted molar refractivity (Wildman–Crippen MR) is 68.1 cm³/mol. The van der Waals surface area contributed by atoms with E-state index in [-0.39, 0.29) is 0 Å². The van der Waals surface area contributed by atoms with Gasteiger partial charge in [-0.05, 0) is 19.9 Å². The molecule has 1 rings (SSSR count). The first-order chi connectivity index (χ1) is 10.3. The van der Waals surface area contributed by atoms with Gasteiger partial charge in [0.15, 0.2) is 0 Å². The van der Waals surface area contributed by atoms with Crippen molar-refractivity contribution in [1.29, 1.82) is 0 Å². The topological polar surface area (TPSA) is 12.5 Å². The van der Waals surface area contributed by atoms with Gasteiger partial charge < -0.3 is 61.4 Å². The molecule has 0 amide bonds. The van der Waals surface area contributed by atoms with Gasteiger partial charge in [0, 0.05) is 20.2 Å². The molecule has 17 heteroatoms. The Morgan fingerprint density at radius 1 is 0.667 bits per heavy atom. The smallest absolute Gasteiger partial charge is 0.418 e. The lowest BCUT2D eigenvalue weighted by Crippen LogP contribution is -2.33. The third-order valence-electron chi connectivity index (χ3n) is 2.00. The van der Waals surface area contributed by atoms with Crippen molar-refractivity contribution in [3.63, 3.8) is 0 Å². The summed E-state index contributed by atoms with van der Waals surface area (Å²) in [5.74, 6) is 0. The molecule has 1 fully saturated rings. The van der Waals surface area contributed by atoms with Crippen molar-refractivity contribution in [3.8, 4) is 0 Å². The van der Waals surface area contributed by atoms with Crippen LogP contribution in [-0.4, -0.2) is 60.0 Å². The van der Waals surface area contributed by atoms with Gasteiger partial charge in [0.1, 0.15) is 0 Å². The Balaban J connectivity index is -0.000000259. The SMILES string of the molecule is COC1CCN(C)CC1.F[B-](F)(F)F.F[B-](F)(F)F.F[B-](F)(F)F. The van der Waals surface area contributed by atoms with Gasteiger partial charge in [0.25, 0.3) is 0 Å². The zero-order valence-corrected chi connectivity index (χ0v) is 12.5. The van der Waals surface area contributed by atoms with Crippen LogP contribution < -0.4 is 0 Å². The summed E-state index contributed by atoms with van der Waals surface area (Å²) in [6.45, 7) is 2.39. The quantitative estimate of drug-likeness (QED) is 0.479. The molecule has 0 unspecified atom stereocenters. The maximum Gasteiger partial charge on any atom is 0.673 e. The number of methoxy groups -OCH3 is 1. The van der Waals surface area contributed by atoms with E-state index in [1.165, 1.54) is 25.9 Å². The van der Waals surface area contributed by atoms with E-state index >= 15 is 0 Å². The molecule has 0 N–H and O–H groups in total. The molecular formula is C7H15B3F12NO-3. The number of rotatable bonds is 1. The molecule has 0 aliphatic carbocycles. The number of hydrogen-bond acceptors (Lipinski definition) is 2. The van der Waals surface area contributed by atoms with Gasteiger partial charge in [-0.2, -0.15) is 0 Å². The summed E-state index contributed by atoms with van der Waals surface area (Å²) in [6, 6.07) is 0. The first-order valence-corrected chi connectivity index (χ1v) is 6.16. The minimum absolute atomic E-state index is 0.529. The Morgan fingerprint density at radius 2 is 0.875 bits per heavy atom. The Labute approximate surface area is 130 Å². The Hall–Kier alpha value is -0.725. The molecule has 1 aliphatic rings. The maximum atomic E-state index is 9.75.